The maximum Gasteiger partial charge on any atom is 0.254 e. The van der Waals surface area contributed by atoms with Crippen molar-refractivity contribution in [3.63, 3.8) is 0 Å². The maximum atomic E-state index is 11.4. The molecule has 0 saturated heterocycles. The van der Waals surface area contributed by atoms with Crippen molar-refractivity contribution in [3.8, 4) is 11.4 Å². The molecule has 1 aromatic heterocycles. The summed E-state index contributed by atoms with van der Waals surface area (Å²) in [5, 5.41) is 12.2. The first-order valence-electron chi connectivity index (χ1n) is 4.91. The van der Waals surface area contributed by atoms with E-state index in [0.717, 1.165) is 5.69 Å². The average molecular weight is 216 g/mol. The molecular weight excluding hydrogens is 204 g/mol. The van der Waals surface area contributed by atoms with Crippen LogP contribution in [0.4, 0.5) is 0 Å². The fraction of sp³-hybridized carbons (Fsp3) is 0.0833. The number of aromatic nitrogens is 1. The lowest BCUT2D eigenvalue weighted by molar-refractivity contribution is 0.0960. The van der Waals surface area contributed by atoms with Gasteiger partial charge in [0.15, 0.2) is 0 Å². The molecule has 1 heterocycles. The van der Waals surface area contributed by atoms with E-state index < -0.39 is 0 Å². The van der Waals surface area contributed by atoms with Crippen LogP contribution in [0.25, 0.3) is 5.69 Å². The number of phenols is 1. The van der Waals surface area contributed by atoms with Crippen LogP contribution < -0.4 is 5.32 Å². The largest absolute Gasteiger partial charge is 0.507 e. The SMILES string of the molecule is CNC(=O)c1ccc(-n2cccc2)cc1O. The molecular formula is C12H12N2O2. The third-order valence-electron chi connectivity index (χ3n) is 2.36. The molecule has 1 aromatic carbocycles. The third kappa shape index (κ3) is 1.77. The van der Waals surface area contributed by atoms with Gasteiger partial charge in [0.05, 0.1) is 5.56 Å². The Bertz CT molecular complexity index is 504. The van der Waals surface area contributed by atoms with Gasteiger partial charge in [-0.2, -0.15) is 0 Å². The van der Waals surface area contributed by atoms with Gasteiger partial charge in [-0.3, -0.25) is 4.79 Å². The Morgan fingerprint density at radius 1 is 1.31 bits per heavy atom. The van der Waals surface area contributed by atoms with Crippen LogP contribution in [0.3, 0.4) is 0 Å². The summed E-state index contributed by atoms with van der Waals surface area (Å²) in [4.78, 5) is 11.4. The summed E-state index contributed by atoms with van der Waals surface area (Å²) < 4.78 is 1.85. The predicted molar refractivity (Wildman–Crippen MR) is 60.8 cm³/mol. The summed E-state index contributed by atoms with van der Waals surface area (Å²) in [5.74, 6) is -0.317. The lowest BCUT2D eigenvalue weighted by Crippen LogP contribution is -2.17. The Morgan fingerprint density at radius 3 is 2.56 bits per heavy atom. The van der Waals surface area contributed by atoms with Crippen LogP contribution in [0.1, 0.15) is 10.4 Å². The second-order valence-electron chi connectivity index (χ2n) is 3.37. The molecule has 4 nitrogen and oxygen atoms in total. The normalized spacial score (nSPS) is 10.1. The summed E-state index contributed by atoms with van der Waals surface area (Å²) in [7, 11) is 1.53. The zero-order chi connectivity index (χ0) is 11.5. The van der Waals surface area contributed by atoms with Gasteiger partial charge in [-0.1, -0.05) is 0 Å². The molecule has 1 amide bonds. The molecule has 2 rings (SSSR count). The molecule has 0 fully saturated rings. The number of aromatic hydroxyl groups is 1. The van der Waals surface area contributed by atoms with Crippen molar-refractivity contribution < 1.29 is 9.90 Å². The quantitative estimate of drug-likeness (QED) is 0.800. The first-order valence-corrected chi connectivity index (χ1v) is 4.91. The first kappa shape index (κ1) is 10.3. The Morgan fingerprint density at radius 2 is 2.00 bits per heavy atom. The lowest BCUT2D eigenvalue weighted by Gasteiger charge is -2.07. The number of amides is 1. The van der Waals surface area contributed by atoms with Crippen molar-refractivity contribution >= 4 is 5.91 Å². The monoisotopic (exact) mass is 216 g/mol. The summed E-state index contributed by atoms with van der Waals surface area (Å²) >= 11 is 0. The van der Waals surface area contributed by atoms with Gasteiger partial charge in [-0.25, -0.2) is 0 Å². The summed E-state index contributed by atoms with van der Waals surface area (Å²) in [5.41, 5.74) is 1.09. The van der Waals surface area contributed by atoms with E-state index in [9.17, 15) is 9.90 Å². The highest BCUT2D eigenvalue weighted by molar-refractivity contribution is 5.96. The van der Waals surface area contributed by atoms with Gasteiger partial charge < -0.3 is 15.0 Å². The minimum atomic E-state index is -0.295. The summed E-state index contributed by atoms with van der Waals surface area (Å²) in [6, 6.07) is 8.73. The molecule has 0 atom stereocenters. The van der Waals surface area contributed by atoms with Gasteiger partial charge in [-0.05, 0) is 24.3 Å². The minimum Gasteiger partial charge on any atom is -0.507 e. The number of carbonyl (C=O) groups is 1. The standard InChI is InChI=1S/C12H12N2O2/c1-13-12(16)10-5-4-9(8-11(10)15)14-6-2-3-7-14/h2-8,15H,1H3,(H,13,16). The molecule has 82 valence electrons. The highest BCUT2D eigenvalue weighted by atomic mass is 16.3. The van der Waals surface area contributed by atoms with E-state index in [1.165, 1.54) is 7.05 Å². The zero-order valence-corrected chi connectivity index (χ0v) is 8.84. The Kier molecular flexibility index (Phi) is 2.64. The van der Waals surface area contributed by atoms with Gasteiger partial charge in [0.25, 0.3) is 5.91 Å². The van der Waals surface area contributed by atoms with Crippen LogP contribution in [0.5, 0.6) is 5.75 Å². The molecule has 2 aromatic rings. The number of benzene rings is 1. The number of hydrogen-bond acceptors (Lipinski definition) is 2. The number of carbonyl (C=O) groups excluding carboxylic acids is 1. The minimum absolute atomic E-state index is 0.0226. The highest BCUT2D eigenvalue weighted by Gasteiger charge is 2.09. The second kappa shape index (κ2) is 4.10. The van der Waals surface area contributed by atoms with Gasteiger partial charge in [-0.15, -0.1) is 0 Å². The summed E-state index contributed by atoms with van der Waals surface area (Å²) in [6.07, 6.45) is 3.74. The fourth-order valence-corrected chi connectivity index (χ4v) is 1.51. The van der Waals surface area contributed by atoms with E-state index in [0.29, 0.717) is 0 Å². The fourth-order valence-electron chi connectivity index (χ4n) is 1.51. The van der Waals surface area contributed by atoms with E-state index in [4.69, 9.17) is 0 Å². The van der Waals surface area contributed by atoms with E-state index >= 15 is 0 Å². The van der Waals surface area contributed by atoms with Crippen LogP contribution in [-0.2, 0) is 0 Å². The number of nitrogens with zero attached hydrogens (tertiary/aromatic N) is 1. The average Bonchev–Trinajstić information content (AvgIpc) is 2.81. The van der Waals surface area contributed by atoms with E-state index in [2.05, 4.69) is 5.32 Å². The van der Waals surface area contributed by atoms with Crippen LogP contribution in [0.2, 0.25) is 0 Å². The molecule has 2 N–H and O–H groups in total. The number of hydrogen-bond donors (Lipinski definition) is 2. The van der Waals surface area contributed by atoms with E-state index in [1.807, 2.05) is 29.1 Å². The molecule has 0 bridgehead atoms. The van der Waals surface area contributed by atoms with Gasteiger partial charge in [0.1, 0.15) is 5.75 Å². The summed E-state index contributed by atoms with van der Waals surface area (Å²) in [6.45, 7) is 0. The maximum absolute atomic E-state index is 11.4. The number of rotatable bonds is 2. The highest BCUT2D eigenvalue weighted by Crippen LogP contribution is 2.21. The second-order valence-corrected chi connectivity index (χ2v) is 3.37. The van der Waals surface area contributed by atoms with Gasteiger partial charge in [0, 0.05) is 31.2 Å². The molecule has 16 heavy (non-hydrogen) atoms. The van der Waals surface area contributed by atoms with E-state index in [-0.39, 0.29) is 17.2 Å². The lowest BCUT2D eigenvalue weighted by atomic mass is 10.1. The van der Waals surface area contributed by atoms with Crippen LogP contribution in [0.15, 0.2) is 42.7 Å². The molecule has 0 unspecified atom stereocenters. The van der Waals surface area contributed by atoms with Crippen molar-refractivity contribution in [2.45, 2.75) is 0 Å². The third-order valence-corrected chi connectivity index (χ3v) is 2.36. The Labute approximate surface area is 93.1 Å². The topological polar surface area (TPSA) is 54.3 Å². The van der Waals surface area contributed by atoms with E-state index in [1.54, 1.807) is 18.2 Å². The predicted octanol–water partition coefficient (Wildman–Crippen LogP) is 1.54. The molecule has 0 aliphatic carbocycles. The van der Waals surface area contributed by atoms with Crippen LogP contribution >= 0.6 is 0 Å². The van der Waals surface area contributed by atoms with Crippen molar-refractivity contribution in [3.05, 3.63) is 48.3 Å². The number of phenolic OH excluding ortho intramolecular Hbond substituents is 1. The molecule has 4 heteroatoms. The Balaban J connectivity index is 2.41. The molecule has 0 spiro atoms. The molecule has 0 aliphatic rings. The molecule has 0 saturated carbocycles. The van der Waals surface area contributed by atoms with Crippen LogP contribution in [-0.4, -0.2) is 22.6 Å². The van der Waals surface area contributed by atoms with Crippen molar-refractivity contribution in [1.82, 2.24) is 9.88 Å². The van der Waals surface area contributed by atoms with Crippen molar-refractivity contribution in [2.75, 3.05) is 7.05 Å². The van der Waals surface area contributed by atoms with Crippen LogP contribution in [0, 0.1) is 0 Å². The smallest absolute Gasteiger partial charge is 0.254 e. The first-order chi connectivity index (χ1) is 7.72. The van der Waals surface area contributed by atoms with Gasteiger partial charge in [0.2, 0.25) is 0 Å². The molecule has 0 radical (unpaired) electrons. The van der Waals surface area contributed by atoms with Crippen molar-refractivity contribution in [1.29, 1.82) is 0 Å². The van der Waals surface area contributed by atoms with Crippen molar-refractivity contribution in [2.24, 2.45) is 0 Å². The number of nitrogens with one attached hydrogen (secondary N) is 1. The Hall–Kier alpha value is -2.23. The zero-order valence-electron chi connectivity index (χ0n) is 8.84. The molecule has 0 aliphatic heterocycles. The van der Waals surface area contributed by atoms with Gasteiger partial charge >= 0.3 is 0 Å².